The number of rotatable bonds is 7. The van der Waals surface area contributed by atoms with Crippen LogP contribution in [0.4, 0.5) is 0 Å². The summed E-state index contributed by atoms with van der Waals surface area (Å²) in [5, 5.41) is 1.80. The SMILES string of the molecule is C[C@@H](Sc1ccccc1)C(=O)OCC(=O)NCC(N)=O. The number of primary amides is 1. The summed E-state index contributed by atoms with van der Waals surface area (Å²) in [4.78, 5) is 34.3. The van der Waals surface area contributed by atoms with Gasteiger partial charge in [0.05, 0.1) is 6.54 Å². The van der Waals surface area contributed by atoms with E-state index >= 15 is 0 Å². The molecule has 7 heteroatoms. The van der Waals surface area contributed by atoms with Crippen LogP contribution in [0, 0.1) is 0 Å². The number of benzene rings is 1. The molecule has 0 aromatic heterocycles. The molecular weight excluding hydrogens is 280 g/mol. The third-order valence-electron chi connectivity index (χ3n) is 2.19. The van der Waals surface area contributed by atoms with Crippen LogP contribution in [0.2, 0.25) is 0 Å². The maximum absolute atomic E-state index is 11.7. The fourth-order valence-electron chi connectivity index (χ4n) is 1.24. The fourth-order valence-corrected chi connectivity index (χ4v) is 2.13. The Balaban J connectivity index is 2.31. The highest BCUT2D eigenvalue weighted by molar-refractivity contribution is 8.00. The highest BCUT2D eigenvalue weighted by atomic mass is 32.2. The van der Waals surface area contributed by atoms with Crippen molar-refractivity contribution < 1.29 is 19.1 Å². The van der Waals surface area contributed by atoms with Gasteiger partial charge in [-0.1, -0.05) is 18.2 Å². The first-order chi connectivity index (χ1) is 9.49. The van der Waals surface area contributed by atoms with Crippen molar-refractivity contribution in [1.82, 2.24) is 5.32 Å². The molecule has 0 spiro atoms. The predicted molar refractivity (Wildman–Crippen MR) is 74.9 cm³/mol. The monoisotopic (exact) mass is 296 g/mol. The molecule has 2 amide bonds. The van der Waals surface area contributed by atoms with E-state index in [2.05, 4.69) is 5.32 Å². The van der Waals surface area contributed by atoms with Crippen LogP contribution in [-0.4, -0.2) is 36.2 Å². The Morgan fingerprint density at radius 2 is 1.95 bits per heavy atom. The van der Waals surface area contributed by atoms with Crippen LogP contribution < -0.4 is 11.1 Å². The zero-order valence-electron chi connectivity index (χ0n) is 11.0. The summed E-state index contributed by atoms with van der Waals surface area (Å²) in [7, 11) is 0. The molecule has 0 aliphatic carbocycles. The first kappa shape index (κ1) is 16.0. The summed E-state index contributed by atoms with van der Waals surface area (Å²) >= 11 is 1.34. The van der Waals surface area contributed by atoms with Crippen LogP contribution in [0.3, 0.4) is 0 Å². The lowest BCUT2D eigenvalue weighted by atomic mass is 10.4. The topological polar surface area (TPSA) is 98.5 Å². The molecule has 0 heterocycles. The molecule has 0 saturated heterocycles. The number of carbonyl (C=O) groups excluding carboxylic acids is 3. The van der Waals surface area contributed by atoms with Gasteiger partial charge in [0.1, 0.15) is 5.25 Å². The van der Waals surface area contributed by atoms with Crippen molar-refractivity contribution in [1.29, 1.82) is 0 Å². The fraction of sp³-hybridized carbons (Fsp3) is 0.308. The first-order valence-electron chi connectivity index (χ1n) is 5.92. The summed E-state index contributed by atoms with van der Waals surface area (Å²) in [6, 6.07) is 9.40. The van der Waals surface area contributed by atoms with E-state index in [1.54, 1.807) is 6.92 Å². The van der Waals surface area contributed by atoms with E-state index < -0.39 is 29.6 Å². The van der Waals surface area contributed by atoms with Crippen molar-refractivity contribution in [3.63, 3.8) is 0 Å². The molecule has 0 unspecified atom stereocenters. The highest BCUT2D eigenvalue weighted by Crippen LogP contribution is 2.23. The lowest BCUT2D eigenvalue weighted by Crippen LogP contribution is -2.36. The lowest BCUT2D eigenvalue weighted by Gasteiger charge is -2.11. The van der Waals surface area contributed by atoms with Crippen LogP contribution >= 0.6 is 11.8 Å². The number of ether oxygens (including phenoxy) is 1. The van der Waals surface area contributed by atoms with Crippen molar-refractivity contribution >= 4 is 29.5 Å². The molecule has 6 nitrogen and oxygen atoms in total. The smallest absolute Gasteiger partial charge is 0.319 e. The minimum absolute atomic E-state index is 0.273. The second-order valence-corrected chi connectivity index (χ2v) is 5.34. The molecule has 0 saturated carbocycles. The van der Waals surface area contributed by atoms with Gasteiger partial charge < -0.3 is 15.8 Å². The van der Waals surface area contributed by atoms with E-state index in [1.165, 1.54) is 11.8 Å². The summed E-state index contributed by atoms with van der Waals surface area (Å²) in [5.74, 6) is -1.71. The van der Waals surface area contributed by atoms with E-state index in [0.29, 0.717) is 0 Å². The molecule has 1 rings (SSSR count). The normalized spacial score (nSPS) is 11.4. The number of esters is 1. The van der Waals surface area contributed by atoms with Gasteiger partial charge in [0.25, 0.3) is 5.91 Å². The van der Waals surface area contributed by atoms with Gasteiger partial charge in [-0.2, -0.15) is 0 Å². The molecule has 0 aliphatic heterocycles. The van der Waals surface area contributed by atoms with Gasteiger partial charge in [-0.25, -0.2) is 0 Å². The maximum Gasteiger partial charge on any atom is 0.319 e. The minimum atomic E-state index is -0.655. The molecule has 20 heavy (non-hydrogen) atoms. The van der Waals surface area contributed by atoms with E-state index in [1.807, 2.05) is 30.3 Å². The Morgan fingerprint density at radius 3 is 2.55 bits per heavy atom. The van der Waals surface area contributed by atoms with Gasteiger partial charge in [-0.3, -0.25) is 14.4 Å². The molecular formula is C13H16N2O4S. The van der Waals surface area contributed by atoms with Crippen molar-refractivity contribution in [2.24, 2.45) is 5.73 Å². The average Bonchev–Trinajstić information content (AvgIpc) is 2.43. The lowest BCUT2D eigenvalue weighted by molar-refractivity contribution is -0.147. The van der Waals surface area contributed by atoms with Crippen LogP contribution in [0.5, 0.6) is 0 Å². The third kappa shape index (κ3) is 6.24. The number of amides is 2. The van der Waals surface area contributed by atoms with Gasteiger partial charge in [-0.15, -0.1) is 11.8 Å². The second-order valence-electron chi connectivity index (χ2n) is 3.92. The number of hydrogen-bond donors (Lipinski definition) is 2. The summed E-state index contributed by atoms with van der Waals surface area (Å²) in [6.45, 7) is 0.998. The highest BCUT2D eigenvalue weighted by Gasteiger charge is 2.17. The van der Waals surface area contributed by atoms with Crippen molar-refractivity contribution in [2.75, 3.05) is 13.2 Å². The minimum Gasteiger partial charge on any atom is -0.455 e. The van der Waals surface area contributed by atoms with Gasteiger partial charge in [-0.05, 0) is 19.1 Å². The average molecular weight is 296 g/mol. The van der Waals surface area contributed by atoms with Gasteiger partial charge in [0.15, 0.2) is 6.61 Å². The van der Waals surface area contributed by atoms with E-state index in [-0.39, 0.29) is 6.54 Å². The molecule has 1 aromatic rings. The van der Waals surface area contributed by atoms with Crippen molar-refractivity contribution in [3.8, 4) is 0 Å². The Morgan fingerprint density at radius 1 is 1.30 bits per heavy atom. The largest absolute Gasteiger partial charge is 0.455 e. The predicted octanol–water partition coefficient (Wildman–Crippen LogP) is 0.312. The van der Waals surface area contributed by atoms with Crippen molar-refractivity contribution in [3.05, 3.63) is 30.3 Å². The van der Waals surface area contributed by atoms with Gasteiger partial charge in [0, 0.05) is 4.90 Å². The number of carbonyl (C=O) groups is 3. The van der Waals surface area contributed by atoms with Crippen LogP contribution in [-0.2, 0) is 19.1 Å². The Bertz CT molecular complexity index is 479. The molecule has 0 fully saturated rings. The summed E-state index contributed by atoms with van der Waals surface area (Å²) < 4.78 is 4.85. The number of thioether (sulfide) groups is 1. The number of nitrogens with one attached hydrogen (secondary N) is 1. The van der Waals surface area contributed by atoms with Gasteiger partial charge in [0.2, 0.25) is 5.91 Å². The number of nitrogens with two attached hydrogens (primary N) is 1. The molecule has 0 aliphatic rings. The molecule has 3 N–H and O–H groups in total. The van der Waals surface area contributed by atoms with Crippen LogP contribution in [0.1, 0.15) is 6.92 Å². The van der Waals surface area contributed by atoms with Crippen LogP contribution in [0.25, 0.3) is 0 Å². The van der Waals surface area contributed by atoms with E-state index in [0.717, 1.165) is 4.90 Å². The summed E-state index contributed by atoms with van der Waals surface area (Å²) in [5.41, 5.74) is 4.87. The molecule has 0 radical (unpaired) electrons. The Kier molecular flexibility index (Phi) is 6.58. The maximum atomic E-state index is 11.7. The van der Waals surface area contributed by atoms with Gasteiger partial charge >= 0.3 is 5.97 Å². The van der Waals surface area contributed by atoms with Crippen molar-refractivity contribution in [2.45, 2.75) is 17.1 Å². The first-order valence-corrected chi connectivity index (χ1v) is 6.80. The van der Waals surface area contributed by atoms with Crippen LogP contribution in [0.15, 0.2) is 35.2 Å². The molecule has 108 valence electrons. The zero-order chi connectivity index (χ0) is 15.0. The van der Waals surface area contributed by atoms with E-state index in [4.69, 9.17) is 10.5 Å². The standard InChI is InChI=1S/C13H16N2O4S/c1-9(20-10-5-3-2-4-6-10)13(18)19-8-12(17)15-7-11(14)16/h2-6,9H,7-8H2,1H3,(H2,14,16)(H,15,17)/t9-/m1/s1. The number of hydrogen-bond acceptors (Lipinski definition) is 5. The quantitative estimate of drug-likeness (QED) is 0.557. The Hall–Kier alpha value is -2.02. The Labute approximate surface area is 121 Å². The molecule has 1 atom stereocenters. The summed E-state index contributed by atoms with van der Waals surface area (Å²) in [6.07, 6.45) is 0. The molecule has 1 aromatic carbocycles. The zero-order valence-corrected chi connectivity index (χ0v) is 11.8. The molecule has 0 bridgehead atoms. The van der Waals surface area contributed by atoms with E-state index in [9.17, 15) is 14.4 Å². The third-order valence-corrected chi connectivity index (χ3v) is 3.28. The second kappa shape index (κ2) is 8.21.